The first-order valence-electron chi connectivity index (χ1n) is 8.67. The van der Waals surface area contributed by atoms with Crippen LogP contribution in [0.25, 0.3) is 10.9 Å². The fourth-order valence-corrected chi connectivity index (χ4v) is 3.61. The van der Waals surface area contributed by atoms with Crippen molar-refractivity contribution < 1.29 is 18.4 Å². The van der Waals surface area contributed by atoms with Gasteiger partial charge in [-0.05, 0) is 38.0 Å². The zero-order valence-corrected chi connectivity index (χ0v) is 15.2. The van der Waals surface area contributed by atoms with E-state index in [0.717, 1.165) is 23.4 Å². The number of halogens is 2. The molecule has 0 radical (unpaired) electrons. The fourth-order valence-electron chi connectivity index (χ4n) is 3.61. The Morgan fingerprint density at radius 1 is 1.44 bits per heavy atom. The summed E-state index contributed by atoms with van der Waals surface area (Å²) in [7, 11) is 0. The molecule has 1 aliphatic heterocycles. The molecule has 144 valence electrons. The van der Waals surface area contributed by atoms with Crippen LogP contribution in [0.4, 0.5) is 14.5 Å². The van der Waals surface area contributed by atoms with E-state index in [0.29, 0.717) is 10.9 Å². The molecule has 2 aromatic rings. The molecule has 0 aliphatic carbocycles. The highest BCUT2D eigenvalue weighted by molar-refractivity contribution is 6.10. The van der Waals surface area contributed by atoms with Crippen molar-refractivity contribution in [3.63, 3.8) is 0 Å². The van der Waals surface area contributed by atoms with E-state index in [4.69, 9.17) is 5.73 Å². The first-order chi connectivity index (χ1) is 12.7. The molecule has 0 spiro atoms. The van der Waals surface area contributed by atoms with E-state index in [1.165, 1.54) is 0 Å². The molecule has 6 nitrogen and oxygen atoms in total. The lowest BCUT2D eigenvalue weighted by Gasteiger charge is -2.37. The van der Waals surface area contributed by atoms with Gasteiger partial charge in [-0.25, -0.2) is 8.78 Å². The lowest BCUT2D eigenvalue weighted by atomic mass is 9.99. The minimum absolute atomic E-state index is 0.0688. The summed E-state index contributed by atoms with van der Waals surface area (Å²) in [4.78, 5) is 28.1. The molecule has 1 saturated heterocycles. The molecular weight excluding hydrogens is 354 g/mol. The molecular formula is C19H22F2N4O2. The molecule has 2 atom stereocenters. The summed E-state index contributed by atoms with van der Waals surface area (Å²) in [6.45, 7) is 7.40. The van der Waals surface area contributed by atoms with Gasteiger partial charge in [0.25, 0.3) is 5.91 Å². The van der Waals surface area contributed by atoms with Gasteiger partial charge in [0.2, 0.25) is 5.91 Å². The fraction of sp³-hybridized carbons (Fsp3) is 0.368. The van der Waals surface area contributed by atoms with E-state index in [9.17, 15) is 14.0 Å². The number of piperidine rings is 1. The third kappa shape index (κ3) is 3.27. The Balaban J connectivity index is 2.10. The Bertz CT molecular complexity index is 938. The van der Waals surface area contributed by atoms with Gasteiger partial charge in [-0.15, -0.1) is 0 Å². The quantitative estimate of drug-likeness (QED) is 0.715. The van der Waals surface area contributed by atoms with E-state index in [1.54, 1.807) is 4.90 Å². The lowest BCUT2D eigenvalue weighted by Crippen LogP contribution is -2.53. The lowest BCUT2D eigenvalue weighted by molar-refractivity contribution is -0.117. The Labute approximate surface area is 155 Å². The second-order valence-corrected chi connectivity index (χ2v) is 6.81. The number of nitrogens with zero attached hydrogens (tertiary/aromatic N) is 1. The highest BCUT2D eigenvalue weighted by Gasteiger charge is 2.33. The number of carbonyl (C=O) groups excluding carboxylic acids is 2. The van der Waals surface area contributed by atoms with Crippen molar-refractivity contribution in [2.75, 3.05) is 18.0 Å². The molecule has 0 saturated carbocycles. The largest absolute Gasteiger partial charge is 0.366 e. The molecule has 1 fully saturated rings. The summed E-state index contributed by atoms with van der Waals surface area (Å²) in [5.74, 6) is -1.82. The first-order valence-corrected chi connectivity index (χ1v) is 8.67. The van der Waals surface area contributed by atoms with Crippen LogP contribution >= 0.6 is 0 Å². The van der Waals surface area contributed by atoms with E-state index in [1.807, 2.05) is 13.8 Å². The number of fused-ring (bicyclic) bond motifs is 1. The van der Waals surface area contributed by atoms with Crippen LogP contribution in [0.2, 0.25) is 0 Å². The number of hydrogen-bond acceptors (Lipinski definition) is 3. The second-order valence-electron chi connectivity index (χ2n) is 6.81. The molecule has 1 aromatic carbocycles. The van der Waals surface area contributed by atoms with Gasteiger partial charge in [-0.2, -0.15) is 0 Å². The number of amides is 2. The molecule has 0 bridgehead atoms. The van der Waals surface area contributed by atoms with E-state index < -0.39 is 29.8 Å². The number of benzene rings is 1. The normalized spacial score (nSPS) is 19.9. The number of nitrogens with one attached hydrogen (secondary N) is 2. The van der Waals surface area contributed by atoms with Crippen molar-refractivity contribution in [3.05, 3.63) is 41.4 Å². The van der Waals surface area contributed by atoms with Gasteiger partial charge in [-0.1, -0.05) is 6.58 Å². The maximum absolute atomic E-state index is 15.0. The number of hydrogen-bond donors (Lipinski definition) is 3. The topological polar surface area (TPSA) is 91.2 Å². The zero-order chi connectivity index (χ0) is 19.9. The van der Waals surface area contributed by atoms with Crippen LogP contribution in [-0.2, 0) is 4.79 Å². The summed E-state index contributed by atoms with van der Waals surface area (Å²) in [6.07, 6.45) is -0.0166. The maximum Gasteiger partial charge on any atom is 0.250 e. The van der Waals surface area contributed by atoms with E-state index >= 15 is 4.39 Å². The number of aryl methyl sites for hydroxylation is 2. The maximum atomic E-state index is 15.0. The van der Waals surface area contributed by atoms with Crippen molar-refractivity contribution >= 4 is 28.4 Å². The number of alkyl halides is 1. The summed E-state index contributed by atoms with van der Waals surface area (Å²) >= 11 is 0. The SMILES string of the molecule is C=CC(=O)NC1CN(c2c(F)cc(C(N)=O)c3[nH]c(C)c(C)c23)CCC1F. The number of anilines is 1. The van der Waals surface area contributed by atoms with Crippen LogP contribution in [-0.4, -0.2) is 42.1 Å². The molecule has 2 unspecified atom stereocenters. The Kier molecular flexibility index (Phi) is 4.91. The van der Waals surface area contributed by atoms with Crippen molar-refractivity contribution in [3.8, 4) is 0 Å². The summed E-state index contributed by atoms with van der Waals surface area (Å²) in [5.41, 5.74) is 7.79. The highest BCUT2D eigenvalue weighted by atomic mass is 19.1. The van der Waals surface area contributed by atoms with Crippen LogP contribution in [0.3, 0.4) is 0 Å². The molecule has 2 amide bonds. The Morgan fingerprint density at radius 2 is 2.15 bits per heavy atom. The number of carbonyl (C=O) groups is 2. The standard InChI is InChI=1S/C19H22F2N4O2/c1-4-15(26)24-14-8-25(6-5-12(14)20)18-13(21)7-11(19(22)27)17-16(18)9(2)10(3)23-17/h4,7,12,14,23H,1,5-6,8H2,2-3H3,(H2,22,27)(H,24,26). The molecule has 4 N–H and O–H groups in total. The summed E-state index contributed by atoms with van der Waals surface area (Å²) in [6, 6.07) is 0.323. The van der Waals surface area contributed by atoms with Crippen molar-refractivity contribution in [1.82, 2.24) is 10.3 Å². The number of aromatic nitrogens is 1. The average Bonchev–Trinajstić information content (AvgIpc) is 2.91. The van der Waals surface area contributed by atoms with Crippen LogP contribution < -0.4 is 16.0 Å². The predicted molar refractivity (Wildman–Crippen MR) is 100 cm³/mol. The zero-order valence-electron chi connectivity index (χ0n) is 15.2. The van der Waals surface area contributed by atoms with Crippen molar-refractivity contribution in [1.29, 1.82) is 0 Å². The van der Waals surface area contributed by atoms with E-state index in [2.05, 4.69) is 16.9 Å². The van der Waals surface area contributed by atoms with Crippen LogP contribution in [0, 0.1) is 19.7 Å². The van der Waals surface area contributed by atoms with E-state index in [-0.39, 0.29) is 30.8 Å². The number of primary amides is 1. The molecule has 8 heteroatoms. The van der Waals surface area contributed by atoms with Gasteiger partial charge in [0.1, 0.15) is 12.0 Å². The van der Waals surface area contributed by atoms with Crippen molar-refractivity contribution in [2.24, 2.45) is 5.73 Å². The average molecular weight is 376 g/mol. The molecule has 1 aromatic heterocycles. The molecule has 1 aliphatic rings. The monoisotopic (exact) mass is 376 g/mol. The van der Waals surface area contributed by atoms with Crippen LogP contribution in [0.5, 0.6) is 0 Å². The van der Waals surface area contributed by atoms with Gasteiger partial charge in [0.05, 0.1) is 22.8 Å². The van der Waals surface area contributed by atoms with Crippen LogP contribution in [0.1, 0.15) is 28.0 Å². The second kappa shape index (κ2) is 7.02. The Hall–Kier alpha value is -2.90. The van der Waals surface area contributed by atoms with Crippen LogP contribution in [0.15, 0.2) is 18.7 Å². The predicted octanol–water partition coefficient (Wildman–Crippen LogP) is 2.24. The molecule has 3 rings (SSSR count). The molecule has 2 heterocycles. The number of rotatable bonds is 4. The molecule has 27 heavy (non-hydrogen) atoms. The van der Waals surface area contributed by atoms with Crippen molar-refractivity contribution in [2.45, 2.75) is 32.5 Å². The minimum Gasteiger partial charge on any atom is -0.366 e. The highest BCUT2D eigenvalue weighted by Crippen LogP contribution is 2.37. The van der Waals surface area contributed by atoms with Gasteiger partial charge < -0.3 is 20.9 Å². The number of aromatic amines is 1. The summed E-state index contributed by atoms with van der Waals surface area (Å²) in [5, 5.41) is 3.11. The third-order valence-electron chi connectivity index (χ3n) is 5.13. The van der Waals surface area contributed by atoms with Gasteiger partial charge in [-0.3, -0.25) is 9.59 Å². The van der Waals surface area contributed by atoms with Gasteiger partial charge in [0, 0.05) is 24.2 Å². The summed E-state index contributed by atoms with van der Waals surface area (Å²) < 4.78 is 29.3. The first kappa shape index (κ1) is 18.9. The number of nitrogens with two attached hydrogens (primary N) is 1. The smallest absolute Gasteiger partial charge is 0.250 e. The third-order valence-corrected chi connectivity index (χ3v) is 5.13. The minimum atomic E-state index is -1.23. The van der Waals surface area contributed by atoms with Gasteiger partial charge in [0.15, 0.2) is 0 Å². The number of H-pyrrole nitrogens is 1. The Morgan fingerprint density at radius 3 is 2.78 bits per heavy atom. The van der Waals surface area contributed by atoms with Gasteiger partial charge >= 0.3 is 0 Å².